The molecular formula is C17H20ClNO7S. The molecular weight excluding hydrogens is 398 g/mol. The van der Waals surface area contributed by atoms with Crippen LogP contribution in [0, 0.1) is 0 Å². The van der Waals surface area contributed by atoms with E-state index in [0.717, 1.165) is 4.31 Å². The highest BCUT2D eigenvalue weighted by Crippen LogP contribution is 2.36. The van der Waals surface area contributed by atoms with Gasteiger partial charge in [0, 0.05) is 14.1 Å². The number of methoxy groups -OCH3 is 1. The molecule has 0 aliphatic rings. The lowest BCUT2D eigenvalue weighted by Crippen LogP contribution is -2.21. The number of sulfonamides is 1. The van der Waals surface area contributed by atoms with E-state index in [0.29, 0.717) is 18.1 Å². The second kappa shape index (κ2) is 8.64. The van der Waals surface area contributed by atoms with Crippen LogP contribution in [0.5, 0.6) is 11.5 Å². The summed E-state index contributed by atoms with van der Waals surface area (Å²) in [5, 5.41) is -0.0233. The molecule has 2 aromatic rings. The minimum atomic E-state index is -3.69. The molecule has 0 saturated heterocycles. The van der Waals surface area contributed by atoms with E-state index in [2.05, 4.69) is 0 Å². The van der Waals surface area contributed by atoms with Crippen molar-refractivity contribution in [2.24, 2.45) is 0 Å². The van der Waals surface area contributed by atoms with Gasteiger partial charge in [-0.15, -0.1) is 0 Å². The summed E-state index contributed by atoms with van der Waals surface area (Å²) in [6, 6.07) is 5.58. The topological polar surface area (TPSA) is 95.3 Å². The molecule has 0 N–H and O–H groups in total. The Kier molecular flexibility index (Phi) is 6.74. The summed E-state index contributed by atoms with van der Waals surface area (Å²) in [6.07, 6.45) is 0. The van der Waals surface area contributed by atoms with Crippen molar-refractivity contribution in [1.82, 2.24) is 4.31 Å². The van der Waals surface area contributed by atoms with Crippen molar-refractivity contribution >= 4 is 27.6 Å². The number of carbonyl (C=O) groups excluding carboxylic acids is 1. The second-order valence-corrected chi connectivity index (χ2v) is 8.00. The molecule has 0 spiro atoms. The molecule has 8 nitrogen and oxygen atoms in total. The summed E-state index contributed by atoms with van der Waals surface area (Å²) in [5.41, 5.74) is 0.160. The van der Waals surface area contributed by atoms with E-state index in [4.69, 9.17) is 30.2 Å². The number of hydrogen-bond acceptors (Lipinski definition) is 7. The SMILES string of the molecule is CCOc1c(Cl)cc(C(=O)OCc2ccc(S(=O)(=O)N(C)C)o2)cc1OC. The van der Waals surface area contributed by atoms with Gasteiger partial charge >= 0.3 is 5.97 Å². The van der Waals surface area contributed by atoms with Crippen LogP contribution < -0.4 is 9.47 Å². The fourth-order valence-electron chi connectivity index (χ4n) is 2.10. The number of ether oxygens (including phenoxy) is 3. The molecule has 0 radical (unpaired) electrons. The lowest BCUT2D eigenvalue weighted by Gasteiger charge is -2.12. The average molecular weight is 418 g/mol. The third kappa shape index (κ3) is 4.74. The maximum absolute atomic E-state index is 12.3. The van der Waals surface area contributed by atoms with Crippen LogP contribution in [0.25, 0.3) is 0 Å². The molecule has 27 heavy (non-hydrogen) atoms. The molecule has 0 bridgehead atoms. The fourth-order valence-corrected chi connectivity index (χ4v) is 3.17. The monoisotopic (exact) mass is 417 g/mol. The van der Waals surface area contributed by atoms with E-state index in [1.807, 2.05) is 0 Å². The van der Waals surface area contributed by atoms with E-state index in [9.17, 15) is 13.2 Å². The standard InChI is InChI=1S/C17H20ClNO7S/c1-5-24-16-13(18)8-11(9-14(16)23-4)17(20)25-10-12-6-7-15(26-12)27(21,22)19(2)3/h6-9H,5,10H2,1-4H3. The summed E-state index contributed by atoms with van der Waals surface area (Å²) in [5.74, 6) is 0.149. The van der Waals surface area contributed by atoms with Gasteiger partial charge < -0.3 is 18.6 Å². The molecule has 1 heterocycles. The zero-order chi connectivity index (χ0) is 20.2. The number of hydrogen-bond donors (Lipinski definition) is 0. The maximum atomic E-state index is 12.3. The van der Waals surface area contributed by atoms with Crippen LogP contribution in [-0.4, -0.2) is 46.5 Å². The Bertz CT molecular complexity index is 921. The van der Waals surface area contributed by atoms with Crippen molar-refractivity contribution < 1.29 is 31.8 Å². The van der Waals surface area contributed by atoms with Crippen LogP contribution >= 0.6 is 11.6 Å². The Hall–Kier alpha value is -2.23. The van der Waals surface area contributed by atoms with Crippen molar-refractivity contribution in [2.75, 3.05) is 27.8 Å². The van der Waals surface area contributed by atoms with Crippen LogP contribution in [0.15, 0.2) is 33.8 Å². The number of rotatable bonds is 8. The van der Waals surface area contributed by atoms with Gasteiger partial charge in [-0.05, 0) is 31.2 Å². The van der Waals surface area contributed by atoms with Gasteiger partial charge in [-0.25, -0.2) is 17.5 Å². The third-order valence-corrected chi connectivity index (χ3v) is 5.44. The molecule has 0 aliphatic carbocycles. The molecule has 0 unspecified atom stereocenters. The Morgan fingerprint density at radius 1 is 1.26 bits per heavy atom. The minimum Gasteiger partial charge on any atom is -0.493 e. The fraction of sp³-hybridized carbons (Fsp3) is 0.353. The normalized spacial score (nSPS) is 11.5. The first kappa shape index (κ1) is 21.1. The molecule has 1 aromatic heterocycles. The second-order valence-electron chi connectivity index (χ2n) is 5.51. The smallest absolute Gasteiger partial charge is 0.338 e. The van der Waals surface area contributed by atoms with Gasteiger partial charge in [-0.2, -0.15) is 0 Å². The van der Waals surface area contributed by atoms with Crippen LogP contribution in [0.2, 0.25) is 5.02 Å². The first-order chi connectivity index (χ1) is 12.7. The summed E-state index contributed by atoms with van der Waals surface area (Å²) in [6.45, 7) is 1.94. The Morgan fingerprint density at radius 3 is 2.56 bits per heavy atom. The van der Waals surface area contributed by atoms with E-state index in [1.165, 1.54) is 45.5 Å². The predicted molar refractivity (Wildman–Crippen MR) is 97.9 cm³/mol. The van der Waals surface area contributed by atoms with E-state index >= 15 is 0 Å². The number of halogens is 1. The van der Waals surface area contributed by atoms with E-state index < -0.39 is 16.0 Å². The maximum Gasteiger partial charge on any atom is 0.338 e. The van der Waals surface area contributed by atoms with Gasteiger partial charge in [-0.3, -0.25) is 0 Å². The highest BCUT2D eigenvalue weighted by atomic mass is 35.5. The quantitative estimate of drug-likeness (QED) is 0.609. The highest BCUT2D eigenvalue weighted by Gasteiger charge is 2.22. The number of esters is 1. The third-order valence-electron chi connectivity index (χ3n) is 3.47. The van der Waals surface area contributed by atoms with E-state index in [1.54, 1.807) is 6.92 Å². The number of nitrogens with zero attached hydrogens (tertiary/aromatic N) is 1. The number of benzene rings is 1. The Balaban J connectivity index is 2.13. The van der Waals surface area contributed by atoms with Crippen molar-refractivity contribution in [1.29, 1.82) is 0 Å². The minimum absolute atomic E-state index is 0.160. The summed E-state index contributed by atoms with van der Waals surface area (Å²) in [7, 11) is 0.515. The van der Waals surface area contributed by atoms with Gasteiger partial charge in [0.15, 0.2) is 11.5 Å². The van der Waals surface area contributed by atoms with Gasteiger partial charge in [0.25, 0.3) is 10.0 Å². The van der Waals surface area contributed by atoms with Gasteiger partial charge in [0.2, 0.25) is 5.09 Å². The molecule has 1 aromatic carbocycles. The van der Waals surface area contributed by atoms with Crippen LogP contribution in [0.3, 0.4) is 0 Å². The molecule has 0 amide bonds. The zero-order valence-corrected chi connectivity index (χ0v) is 16.9. The zero-order valence-electron chi connectivity index (χ0n) is 15.3. The first-order valence-electron chi connectivity index (χ1n) is 7.89. The van der Waals surface area contributed by atoms with E-state index in [-0.39, 0.29) is 28.0 Å². The van der Waals surface area contributed by atoms with Gasteiger partial charge in [0.1, 0.15) is 12.4 Å². The van der Waals surface area contributed by atoms with Gasteiger partial charge in [-0.1, -0.05) is 11.6 Å². The lowest BCUT2D eigenvalue weighted by molar-refractivity contribution is 0.0440. The molecule has 0 saturated carbocycles. The van der Waals surface area contributed by atoms with Crippen molar-refractivity contribution in [3.05, 3.63) is 40.6 Å². The summed E-state index contributed by atoms with van der Waals surface area (Å²) < 4.78 is 46.0. The Labute approximate surface area is 162 Å². The van der Waals surface area contributed by atoms with Crippen LogP contribution in [0.4, 0.5) is 0 Å². The van der Waals surface area contributed by atoms with Gasteiger partial charge in [0.05, 0.1) is 24.3 Å². The van der Waals surface area contributed by atoms with Crippen LogP contribution in [-0.2, 0) is 21.4 Å². The summed E-state index contributed by atoms with van der Waals surface area (Å²) in [4.78, 5) is 12.3. The van der Waals surface area contributed by atoms with Crippen LogP contribution in [0.1, 0.15) is 23.0 Å². The van der Waals surface area contributed by atoms with Crippen molar-refractivity contribution in [3.63, 3.8) is 0 Å². The largest absolute Gasteiger partial charge is 0.493 e. The number of furan rings is 1. The molecule has 148 valence electrons. The number of carbonyl (C=O) groups is 1. The highest BCUT2D eigenvalue weighted by molar-refractivity contribution is 7.88. The molecule has 0 fully saturated rings. The first-order valence-corrected chi connectivity index (χ1v) is 9.71. The molecule has 0 atom stereocenters. The molecule has 10 heteroatoms. The molecule has 0 aliphatic heterocycles. The lowest BCUT2D eigenvalue weighted by atomic mass is 10.2. The van der Waals surface area contributed by atoms with Crippen molar-refractivity contribution in [2.45, 2.75) is 18.6 Å². The Morgan fingerprint density at radius 2 is 1.96 bits per heavy atom. The molecule has 2 rings (SSSR count). The summed E-state index contributed by atoms with van der Waals surface area (Å²) >= 11 is 6.13. The average Bonchev–Trinajstić information content (AvgIpc) is 3.10. The predicted octanol–water partition coefficient (Wildman–Crippen LogP) is 2.95. The van der Waals surface area contributed by atoms with Crippen molar-refractivity contribution in [3.8, 4) is 11.5 Å².